The number of amides is 1. The van der Waals surface area contributed by atoms with Gasteiger partial charge in [-0.1, -0.05) is 0 Å². The number of carboxylic acid groups (broad SMARTS) is 1. The zero-order chi connectivity index (χ0) is 16.3. The molecule has 1 aliphatic heterocycles. The summed E-state index contributed by atoms with van der Waals surface area (Å²) in [7, 11) is 0. The molecule has 1 aromatic heterocycles. The van der Waals surface area contributed by atoms with Gasteiger partial charge in [-0.2, -0.15) is 0 Å². The Morgan fingerprint density at radius 3 is 2.36 bits per heavy atom. The minimum Gasteiger partial charge on any atom is -0.481 e. The second-order valence-corrected chi connectivity index (χ2v) is 7.77. The Morgan fingerprint density at radius 2 is 1.86 bits per heavy atom. The highest BCUT2D eigenvalue weighted by atomic mass is 32.1. The number of hydrogen-bond acceptors (Lipinski definition) is 4. The Hall–Kier alpha value is -1.40. The number of aryl methyl sites for hydroxylation is 1. The molecule has 6 heteroatoms. The van der Waals surface area contributed by atoms with E-state index in [1.54, 1.807) is 13.8 Å². The molecular formula is C16H24N2O3S. The van der Waals surface area contributed by atoms with Crippen LogP contribution in [0.25, 0.3) is 0 Å². The zero-order valence-electron chi connectivity index (χ0n) is 13.5. The van der Waals surface area contributed by atoms with Gasteiger partial charge in [-0.15, -0.1) is 11.3 Å². The Bertz CT molecular complexity index is 545. The van der Waals surface area contributed by atoms with E-state index in [2.05, 4.69) is 4.90 Å². The fraction of sp³-hybridized carbons (Fsp3) is 0.625. The van der Waals surface area contributed by atoms with E-state index in [9.17, 15) is 9.59 Å². The number of thiophene rings is 1. The second-order valence-electron chi connectivity index (χ2n) is 6.48. The summed E-state index contributed by atoms with van der Waals surface area (Å²) in [6.07, 6.45) is 0.625. The first-order chi connectivity index (χ1) is 10.3. The quantitative estimate of drug-likeness (QED) is 0.903. The van der Waals surface area contributed by atoms with Crippen molar-refractivity contribution in [3.8, 4) is 0 Å². The topological polar surface area (TPSA) is 60.9 Å². The Labute approximate surface area is 135 Å². The Kier molecular flexibility index (Phi) is 5.24. The van der Waals surface area contributed by atoms with Crippen molar-refractivity contribution in [1.29, 1.82) is 0 Å². The average molecular weight is 324 g/mol. The second kappa shape index (κ2) is 6.79. The number of aliphatic carboxylic acids is 1. The van der Waals surface area contributed by atoms with Crippen LogP contribution in [-0.2, 0) is 4.79 Å². The average Bonchev–Trinajstić information content (AvgIpc) is 2.91. The Balaban J connectivity index is 1.81. The largest absolute Gasteiger partial charge is 0.481 e. The number of piperazine rings is 1. The highest BCUT2D eigenvalue weighted by Gasteiger charge is 2.29. The minimum absolute atomic E-state index is 0.114. The molecule has 2 heterocycles. The zero-order valence-corrected chi connectivity index (χ0v) is 14.3. The summed E-state index contributed by atoms with van der Waals surface area (Å²) < 4.78 is 0. The summed E-state index contributed by atoms with van der Waals surface area (Å²) in [5, 5.41) is 9.14. The smallest absolute Gasteiger partial charge is 0.309 e. The summed E-state index contributed by atoms with van der Waals surface area (Å²) in [6.45, 7) is 9.33. The molecule has 5 nitrogen and oxygen atoms in total. The maximum absolute atomic E-state index is 12.4. The molecule has 0 saturated carbocycles. The molecule has 0 atom stereocenters. The molecule has 2 rings (SSSR count). The van der Waals surface area contributed by atoms with Crippen molar-refractivity contribution in [3.63, 3.8) is 0 Å². The van der Waals surface area contributed by atoms with E-state index in [0.29, 0.717) is 19.5 Å². The summed E-state index contributed by atoms with van der Waals surface area (Å²) >= 11 is 1.54. The van der Waals surface area contributed by atoms with Gasteiger partial charge in [-0.05, 0) is 45.9 Å². The van der Waals surface area contributed by atoms with Crippen LogP contribution in [0.3, 0.4) is 0 Å². The van der Waals surface area contributed by atoms with Gasteiger partial charge in [0, 0.05) is 31.1 Å². The lowest BCUT2D eigenvalue weighted by Crippen LogP contribution is -2.49. The maximum Gasteiger partial charge on any atom is 0.309 e. The fourth-order valence-corrected chi connectivity index (χ4v) is 3.26. The van der Waals surface area contributed by atoms with E-state index >= 15 is 0 Å². The van der Waals surface area contributed by atoms with Gasteiger partial charge in [-0.3, -0.25) is 14.5 Å². The highest BCUT2D eigenvalue weighted by Crippen LogP contribution is 2.22. The SMILES string of the molecule is Cc1ccc(C(=O)N2CCN(CCC(C)(C)C(=O)O)CC2)s1. The molecule has 0 aliphatic carbocycles. The van der Waals surface area contributed by atoms with Gasteiger partial charge in [0.15, 0.2) is 0 Å². The summed E-state index contributed by atoms with van der Waals surface area (Å²) in [6, 6.07) is 3.87. The molecule has 0 radical (unpaired) electrons. The van der Waals surface area contributed by atoms with Crippen LogP contribution in [0.1, 0.15) is 34.8 Å². The predicted octanol–water partition coefficient (Wildman–Crippen LogP) is 2.32. The first kappa shape index (κ1) is 17.0. The predicted molar refractivity (Wildman–Crippen MR) is 87.4 cm³/mol. The van der Waals surface area contributed by atoms with Crippen LogP contribution in [0.15, 0.2) is 12.1 Å². The van der Waals surface area contributed by atoms with Gasteiger partial charge in [0.25, 0.3) is 5.91 Å². The lowest BCUT2D eigenvalue weighted by Gasteiger charge is -2.35. The number of carboxylic acids is 1. The molecule has 0 spiro atoms. The molecule has 1 fully saturated rings. The minimum atomic E-state index is -0.755. The molecule has 1 aromatic rings. The van der Waals surface area contributed by atoms with Crippen molar-refractivity contribution in [1.82, 2.24) is 9.80 Å². The van der Waals surface area contributed by atoms with Gasteiger partial charge in [-0.25, -0.2) is 0 Å². The summed E-state index contributed by atoms with van der Waals surface area (Å²) in [4.78, 5) is 29.6. The molecular weight excluding hydrogens is 300 g/mol. The third-order valence-electron chi connectivity index (χ3n) is 4.24. The fourth-order valence-electron chi connectivity index (χ4n) is 2.42. The van der Waals surface area contributed by atoms with Crippen molar-refractivity contribution in [2.75, 3.05) is 32.7 Å². The van der Waals surface area contributed by atoms with E-state index < -0.39 is 11.4 Å². The lowest BCUT2D eigenvalue weighted by molar-refractivity contribution is -0.147. The molecule has 1 amide bonds. The van der Waals surface area contributed by atoms with Gasteiger partial charge in [0.2, 0.25) is 0 Å². The highest BCUT2D eigenvalue weighted by molar-refractivity contribution is 7.13. The van der Waals surface area contributed by atoms with Gasteiger partial charge < -0.3 is 10.0 Å². The van der Waals surface area contributed by atoms with Crippen LogP contribution < -0.4 is 0 Å². The number of nitrogens with zero attached hydrogens (tertiary/aromatic N) is 2. The van der Waals surface area contributed by atoms with Crippen LogP contribution in [0.5, 0.6) is 0 Å². The van der Waals surface area contributed by atoms with Crippen LogP contribution in [0.2, 0.25) is 0 Å². The van der Waals surface area contributed by atoms with Crippen LogP contribution >= 0.6 is 11.3 Å². The first-order valence-corrected chi connectivity index (χ1v) is 8.43. The first-order valence-electron chi connectivity index (χ1n) is 7.61. The molecule has 0 unspecified atom stereocenters. The van der Waals surface area contributed by atoms with E-state index in [4.69, 9.17) is 5.11 Å². The maximum atomic E-state index is 12.4. The van der Waals surface area contributed by atoms with E-state index in [1.165, 1.54) is 11.3 Å². The Morgan fingerprint density at radius 1 is 1.23 bits per heavy atom. The number of carbonyl (C=O) groups is 2. The van der Waals surface area contributed by atoms with Gasteiger partial charge >= 0.3 is 5.97 Å². The number of carbonyl (C=O) groups excluding carboxylic acids is 1. The van der Waals surface area contributed by atoms with E-state index in [-0.39, 0.29) is 5.91 Å². The van der Waals surface area contributed by atoms with Crippen molar-refractivity contribution in [2.24, 2.45) is 5.41 Å². The van der Waals surface area contributed by atoms with Crippen LogP contribution in [0.4, 0.5) is 0 Å². The van der Waals surface area contributed by atoms with Gasteiger partial charge in [0.05, 0.1) is 10.3 Å². The molecule has 1 saturated heterocycles. The number of rotatable bonds is 5. The van der Waals surface area contributed by atoms with Crippen LogP contribution in [-0.4, -0.2) is 59.5 Å². The van der Waals surface area contributed by atoms with Crippen molar-refractivity contribution in [2.45, 2.75) is 27.2 Å². The molecule has 122 valence electrons. The normalized spacial score (nSPS) is 16.8. The van der Waals surface area contributed by atoms with E-state index in [1.807, 2.05) is 24.0 Å². The van der Waals surface area contributed by atoms with Crippen LogP contribution in [0, 0.1) is 12.3 Å². The molecule has 22 heavy (non-hydrogen) atoms. The standard InChI is InChI=1S/C16H24N2O3S/c1-12-4-5-13(22-12)14(19)18-10-8-17(9-11-18)7-6-16(2,3)15(20)21/h4-5H,6-11H2,1-3H3,(H,20,21). The molecule has 1 aliphatic rings. The lowest BCUT2D eigenvalue weighted by atomic mass is 9.89. The third-order valence-corrected chi connectivity index (χ3v) is 5.23. The summed E-state index contributed by atoms with van der Waals surface area (Å²) in [5.41, 5.74) is -0.693. The van der Waals surface area contributed by atoms with Gasteiger partial charge in [0.1, 0.15) is 0 Å². The van der Waals surface area contributed by atoms with Crippen molar-refractivity contribution in [3.05, 3.63) is 21.9 Å². The summed E-state index contributed by atoms with van der Waals surface area (Å²) in [5.74, 6) is -0.641. The van der Waals surface area contributed by atoms with E-state index in [0.717, 1.165) is 29.4 Å². The molecule has 1 N–H and O–H groups in total. The van der Waals surface area contributed by atoms with Crippen molar-refractivity contribution < 1.29 is 14.7 Å². The number of hydrogen-bond donors (Lipinski definition) is 1. The molecule has 0 aromatic carbocycles. The molecule has 0 bridgehead atoms. The third kappa shape index (κ3) is 4.08. The monoisotopic (exact) mass is 324 g/mol. The van der Waals surface area contributed by atoms with Crippen molar-refractivity contribution >= 4 is 23.2 Å².